The number of likely N-dealkylation sites (N-methyl/N-ethyl adjacent to an activating group) is 1. The molecule has 0 heterocycles. The summed E-state index contributed by atoms with van der Waals surface area (Å²) in [5, 5.41) is 19.0. The van der Waals surface area contributed by atoms with Gasteiger partial charge in [-0.15, -0.1) is 0 Å². The predicted octanol–water partition coefficient (Wildman–Crippen LogP) is 1.25. The van der Waals surface area contributed by atoms with Gasteiger partial charge in [0.25, 0.3) is 0 Å². The second-order valence-electron chi connectivity index (χ2n) is 5.91. The van der Waals surface area contributed by atoms with Gasteiger partial charge in [0.1, 0.15) is 0 Å². The zero-order valence-electron chi connectivity index (χ0n) is 11.4. The van der Waals surface area contributed by atoms with Gasteiger partial charge >= 0.3 is 5.97 Å². The van der Waals surface area contributed by atoms with Crippen molar-refractivity contribution >= 4 is 11.9 Å². The number of aliphatic hydroxyl groups is 1. The number of nitrogens with zero attached hydrogens (tertiary/aromatic N) is 1. The Kier molecular flexibility index (Phi) is 4.45. The third-order valence-corrected chi connectivity index (χ3v) is 4.67. The molecule has 0 aliphatic heterocycles. The molecule has 0 aromatic rings. The van der Waals surface area contributed by atoms with E-state index in [4.69, 9.17) is 5.11 Å². The van der Waals surface area contributed by atoms with Crippen LogP contribution in [0, 0.1) is 11.8 Å². The summed E-state index contributed by atoms with van der Waals surface area (Å²) < 4.78 is 0. The van der Waals surface area contributed by atoms with Crippen LogP contribution in [-0.2, 0) is 9.59 Å². The molecule has 2 saturated carbocycles. The van der Waals surface area contributed by atoms with Gasteiger partial charge in [0.05, 0.1) is 18.1 Å². The number of carbonyl (C=O) groups is 2. The highest BCUT2D eigenvalue weighted by molar-refractivity contribution is 5.81. The molecule has 5 heteroatoms. The maximum atomic E-state index is 12.4. The molecule has 0 aromatic carbocycles. The summed E-state index contributed by atoms with van der Waals surface area (Å²) in [4.78, 5) is 25.0. The van der Waals surface area contributed by atoms with Crippen molar-refractivity contribution in [2.75, 3.05) is 7.05 Å². The first-order valence-electron chi connectivity index (χ1n) is 7.18. The lowest BCUT2D eigenvalue weighted by Gasteiger charge is -2.36. The van der Waals surface area contributed by atoms with Crippen molar-refractivity contribution in [2.24, 2.45) is 11.8 Å². The van der Waals surface area contributed by atoms with Crippen LogP contribution < -0.4 is 0 Å². The second-order valence-corrected chi connectivity index (χ2v) is 5.91. The molecule has 0 spiro atoms. The predicted molar refractivity (Wildman–Crippen MR) is 69.5 cm³/mol. The van der Waals surface area contributed by atoms with Gasteiger partial charge in [-0.05, 0) is 32.1 Å². The van der Waals surface area contributed by atoms with E-state index in [-0.39, 0.29) is 23.8 Å². The Morgan fingerprint density at radius 1 is 1.05 bits per heavy atom. The maximum Gasteiger partial charge on any atom is 0.306 e. The van der Waals surface area contributed by atoms with Crippen LogP contribution in [0.15, 0.2) is 0 Å². The van der Waals surface area contributed by atoms with Crippen molar-refractivity contribution in [1.29, 1.82) is 0 Å². The largest absolute Gasteiger partial charge is 0.481 e. The van der Waals surface area contributed by atoms with Crippen LogP contribution in [0.5, 0.6) is 0 Å². The molecule has 0 saturated heterocycles. The average Bonchev–Trinajstić information content (AvgIpc) is 2.87. The van der Waals surface area contributed by atoms with Crippen LogP contribution in [0.25, 0.3) is 0 Å². The Balaban J connectivity index is 1.94. The minimum absolute atomic E-state index is 0.00898. The van der Waals surface area contributed by atoms with Crippen LogP contribution >= 0.6 is 0 Å². The lowest BCUT2D eigenvalue weighted by Crippen LogP contribution is -2.48. The molecule has 2 fully saturated rings. The molecule has 0 aromatic heterocycles. The summed E-state index contributed by atoms with van der Waals surface area (Å²) in [6.45, 7) is 0. The van der Waals surface area contributed by atoms with E-state index in [1.165, 1.54) is 0 Å². The minimum Gasteiger partial charge on any atom is -0.481 e. The Labute approximate surface area is 113 Å². The van der Waals surface area contributed by atoms with E-state index in [0.717, 1.165) is 25.7 Å². The van der Waals surface area contributed by atoms with Crippen molar-refractivity contribution in [3.05, 3.63) is 0 Å². The summed E-state index contributed by atoms with van der Waals surface area (Å²) >= 11 is 0. The molecule has 19 heavy (non-hydrogen) atoms. The quantitative estimate of drug-likeness (QED) is 0.808. The maximum absolute atomic E-state index is 12.4. The third kappa shape index (κ3) is 3.08. The van der Waals surface area contributed by atoms with Gasteiger partial charge in [0.2, 0.25) is 5.91 Å². The first-order valence-corrected chi connectivity index (χ1v) is 7.18. The molecule has 2 aliphatic rings. The Hall–Kier alpha value is -1.10. The van der Waals surface area contributed by atoms with E-state index >= 15 is 0 Å². The standard InChI is InChI=1S/C14H23NO4/c1-15(11-4-2-3-5-12(11)16)13(17)9-6-7-10(8-9)14(18)19/h9-12,16H,2-8H2,1H3,(H,18,19). The van der Waals surface area contributed by atoms with Gasteiger partial charge in [0, 0.05) is 13.0 Å². The van der Waals surface area contributed by atoms with Gasteiger partial charge in [-0.2, -0.15) is 0 Å². The van der Waals surface area contributed by atoms with Gasteiger partial charge < -0.3 is 15.1 Å². The van der Waals surface area contributed by atoms with Gasteiger partial charge in [-0.1, -0.05) is 12.8 Å². The van der Waals surface area contributed by atoms with Crippen molar-refractivity contribution in [3.63, 3.8) is 0 Å². The van der Waals surface area contributed by atoms with E-state index in [1.54, 1.807) is 11.9 Å². The average molecular weight is 269 g/mol. The van der Waals surface area contributed by atoms with Gasteiger partial charge in [-0.3, -0.25) is 9.59 Å². The molecular formula is C14H23NO4. The molecule has 0 bridgehead atoms. The summed E-state index contributed by atoms with van der Waals surface area (Å²) in [6.07, 6.45) is 4.92. The number of aliphatic hydroxyl groups excluding tert-OH is 1. The Morgan fingerprint density at radius 2 is 1.68 bits per heavy atom. The van der Waals surface area contributed by atoms with Gasteiger partial charge in [0.15, 0.2) is 0 Å². The normalized spacial score (nSPS) is 35.1. The van der Waals surface area contributed by atoms with E-state index in [9.17, 15) is 14.7 Å². The number of carboxylic acids is 1. The topological polar surface area (TPSA) is 77.8 Å². The molecule has 108 valence electrons. The van der Waals surface area contributed by atoms with E-state index in [1.807, 2.05) is 0 Å². The molecule has 2 rings (SSSR count). The zero-order chi connectivity index (χ0) is 14.0. The van der Waals surface area contributed by atoms with Crippen LogP contribution in [0.4, 0.5) is 0 Å². The number of rotatable bonds is 3. The van der Waals surface area contributed by atoms with E-state index in [0.29, 0.717) is 19.3 Å². The van der Waals surface area contributed by atoms with Crippen molar-refractivity contribution in [2.45, 2.75) is 57.1 Å². The molecule has 2 N–H and O–H groups in total. The van der Waals surface area contributed by atoms with E-state index in [2.05, 4.69) is 0 Å². The number of hydrogen-bond acceptors (Lipinski definition) is 3. The summed E-state index contributed by atoms with van der Waals surface area (Å²) in [7, 11) is 1.75. The summed E-state index contributed by atoms with van der Waals surface area (Å²) in [6, 6.07) is -0.0925. The Morgan fingerprint density at radius 3 is 2.26 bits per heavy atom. The Bertz CT molecular complexity index is 357. The highest BCUT2D eigenvalue weighted by Gasteiger charge is 2.38. The van der Waals surface area contributed by atoms with E-state index < -0.39 is 12.1 Å². The zero-order valence-corrected chi connectivity index (χ0v) is 11.4. The number of hydrogen-bond donors (Lipinski definition) is 2. The molecule has 4 unspecified atom stereocenters. The molecule has 1 amide bonds. The molecule has 5 nitrogen and oxygen atoms in total. The van der Waals surface area contributed by atoms with Crippen LogP contribution in [-0.4, -0.2) is 46.2 Å². The van der Waals surface area contributed by atoms with Crippen molar-refractivity contribution < 1.29 is 19.8 Å². The fraction of sp³-hybridized carbons (Fsp3) is 0.857. The molecule has 0 radical (unpaired) electrons. The second kappa shape index (κ2) is 5.90. The highest BCUT2D eigenvalue weighted by atomic mass is 16.4. The van der Waals surface area contributed by atoms with Crippen molar-refractivity contribution in [3.8, 4) is 0 Å². The summed E-state index contributed by atoms with van der Waals surface area (Å²) in [5.41, 5.74) is 0. The third-order valence-electron chi connectivity index (χ3n) is 4.67. The highest BCUT2D eigenvalue weighted by Crippen LogP contribution is 2.33. The lowest BCUT2D eigenvalue weighted by atomic mass is 9.90. The minimum atomic E-state index is -0.796. The fourth-order valence-corrected chi connectivity index (χ4v) is 3.43. The van der Waals surface area contributed by atoms with Crippen LogP contribution in [0.3, 0.4) is 0 Å². The molecule has 4 atom stereocenters. The number of amides is 1. The van der Waals surface area contributed by atoms with Gasteiger partial charge in [-0.25, -0.2) is 0 Å². The number of aliphatic carboxylic acids is 1. The monoisotopic (exact) mass is 269 g/mol. The fourth-order valence-electron chi connectivity index (χ4n) is 3.43. The SMILES string of the molecule is CN(C(=O)C1CCC(C(=O)O)C1)C1CCCCC1O. The first kappa shape index (κ1) is 14.3. The van der Waals surface area contributed by atoms with Crippen LogP contribution in [0.2, 0.25) is 0 Å². The smallest absolute Gasteiger partial charge is 0.306 e. The summed E-state index contributed by atoms with van der Waals surface area (Å²) in [5.74, 6) is -1.34. The molecule has 2 aliphatic carbocycles. The van der Waals surface area contributed by atoms with Crippen molar-refractivity contribution in [1.82, 2.24) is 4.90 Å². The first-order chi connectivity index (χ1) is 9.00. The number of carboxylic acid groups (broad SMARTS) is 1. The number of carbonyl (C=O) groups excluding carboxylic acids is 1. The molecular weight excluding hydrogens is 246 g/mol. The lowest BCUT2D eigenvalue weighted by molar-refractivity contribution is -0.142. The van der Waals surface area contributed by atoms with Crippen LogP contribution in [0.1, 0.15) is 44.9 Å².